The number of ether oxygens (including phenoxy) is 1. The number of aromatic nitrogens is 2. The fraction of sp³-hybridized carbons (Fsp3) is 0.586. The minimum Gasteiger partial charge on any atom is -0.480 e. The van der Waals surface area contributed by atoms with E-state index in [4.69, 9.17) is 9.72 Å². The Morgan fingerprint density at radius 3 is 2.63 bits per heavy atom. The molecule has 1 atom stereocenters. The first-order valence-electron chi connectivity index (χ1n) is 14.0. The highest BCUT2D eigenvalue weighted by Gasteiger charge is 2.37. The number of unbranched alkanes of at least 4 members (excludes halogenated alkanes) is 1. The fourth-order valence-electron chi connectivity index (χ4n) is 4.59. The zero-order valence-corrected chi connectivity index (χ0v) is 23.9. The first-order chi connectivity index (χ1) is 19.3. The Morgan fingerprint density at radius 1 is 1.15 bits per heavy atom. The van der Waals surface area contributed by atoms with Crippen LogP contribution in [0.4, 0.5) is 19.0 Å². The fourth-order valence-corrected chi connectivity index (χ4v) is 4.59. The molecule has 226 valence electrons. The first-order valence-corrected chi connectivity index (χ1v) is 14.0. The van der Waals surface area contributed by atoms with Crippen molar-refractivity contribution < 1.29 is 32.6 Å². The van der Waals surface area contributed by atoms with Crippen LogP contribution in [0.3, 0.4) is 0 Å². The number of fused-ring (bicyclic) bond motifs is 1. The number of rotatable bonds is 14. The van der Waals surface area contributed by atoms with Gasteiger partial charge in [0.25, 0.3) is 5.91 Å². The third-order valence-electron chi connectivity index (χ3n) is 6.71. The maximum atomic E-state index is 13.3. The van der Waals surface area contributed by atoms with Crippen molar-refractivity contribution >= 4 is 17.7 Å². The van der Waals surface area contributed by atoms with E-state index >= 15 is 0 Å². The van der Waals surface area contributed by atoms with Crippen molar-refractivity contribution in [2.75, 3.05) is 38.1 Å². The molecule has 0 saturated carbocycles. The number of carboxylic acids is 1. The van der Waals surface area contributed by atoms with Crippen LogP contribution < -0.4 is 10.6 Å². The lowest BCUT2D eigenvalue weighted by Crippen LogP contribution is -2.44. The highest BCUT2D eigenvalue weighted by Crippen LogP contribution is 2.30. The molecule has 9 nitrogen and oxygen atoms in total. The Kier molecular flexibility index (Phi) is 11.5. The second-order valence-electron chi connectivity index (χ2n) is 11.2. The van der Waals surface area contributed by atoms with Gasteiger partial charge in [-0.2, -0.15) is 13.2 Å². The normalized spacial score (nSPS) is 14.3. The van der Waals surface area contributed by atoms with Gasteiger partial charge in [-0.1, -0.05) is 6.07 Å². The zero-order chi connectivity index (χ0) is 30.0. The maximum absolute atomic E-state index is 13.3. The Labute approximate surface area is 238 Å². The third-order valence-corrected chi connectivity index (χ3v) is 6.71. The number of nitrogens with zero attached hydrogens (tertiary/aromatic N) is 3. The minimum atomic E-state index is -4.85. The largest absolute Gasteiger partial charge is 0.480 e. The molecule has 1 amide bonds. The number of nitrogens with one attached hydrogen (secondary N) is 2. The van der Waals surface area contributed by atoms with Crippen molar-refractivity contribution in [3.05, 3.63) is 53.0 Å². The predicted octanol–water partition coefficient (Wildman–Crippen LogP) is 4.57. The Balaban J connectivity index is 1.57. The van der Waals surface area contributed by atoms with E-state index in [1.165, 1.54) is 11.6 Å². The Hall–Kier alpha value is -3.25. The van der Waals surface area contributed by atoms with Gasteiger partial charge in [0.05, 0.1) is 17.8 Å². The van der Waals surface area contributed by atoms with Gasteiger partial charge in [0.2, 0.25) is 0 Å². The number of halogens is 3. The van der Waals surface area contributed by atoms with Crippen molar-refractivity contribution in [3.63, 3.8) is 0 Å². The molecule has 2 aromatic heterocycles. The number of aryl methyl sites for hydroxylation is 2. The molecule has 0 unspecified atom stereocenters. The molecule has 1 aliphatic rings. The molecule has 3 N–H and O–H groups in total. The van der Waals surface area contributed by atoms with Crippen molar-refractivity contribution in [3.8, 4) is 0 Å². The smallest absolute Gasteiger partial charge is 0.434 e. The standard InChI is InChI=1S/C29H40F3N5O4/c1-28(2,3)41-19-18-37(16-5-4-9-21-12-11-20-8-6-15-34-25(20)35-21)17-13-23(27(39)40)36-26(38)22-10-7-14-33-24(22)29(30,31)32/h7,10-12,14,23H,4-6,8-9,13,15-19H2,1-3H3,(H,34,35)(H,36,38)(H,39,40)/t23-/m0/s1. The van der Waals surface area contributed by atoms with Gasteiger partial charge in [0.1, 0.15) is 11.9 Å². The van der Waals surface area contributed by atoms with Crippen LogP contribution in [0.25, 0.3) is 0 Å². The Bertz CT molecular complexity index is 1170. The van der Waals surface area contributed by atoms with Gasteiger partial charge < -0.3 is 25.4 Å². The molecule has 2 aromatic rings. The van der Waals surface area contributed by atoms with E-state index in [0.717, 1.165) is 62.4 Å². The van der Waals surface area contributed by atoms with Crippen molar-refractivity contribution in [1.82, 2.24) is 20.2 Å². The predicted molar refractivity (Wildman–Crippen MR) is 149 cm³/mol. The van der Waals surface area contributed by atoms with Gasteiger partial charge in [-0.15, -0.1) is 0 Å². The van der Waals surface area contributed by atoms with Gasteiger partial charge in [-0.3, -0.25) is 9.78 Å². The molecule has 41 heavy (non-hydrogen) atoms. The van der Waals surface area contributed by atoms with Crippen LogP contribution in [0.15, 0.2) is 30.5 Å². The summed E-state index contributed by atoms with van der Waals surface area (Å²) in [6.45, 7) is 8.71. The molecular formula is C29H40F3N5O4. The van der Waals surface area contributed by atoms with E-state index in [-0.39, 0.29) is 12.0 Å². The molecular weight excluding hydrogens is 539 g/mol. The van der Waals surface area contributed by atoms with Crippen LogP contribution in [0.1, 0.15) is 73.8 Å². The first kappa shape index (κ1) is 32.3. The minimum absolute atomic E-state index is 0.0102. The molecule has 0 radical (unpaired) electrons. The summed E-state index contributed by atoms with van der Waals surface area (Å²) < 4.78 is 45.8. The molecule has 12 heteroatoms. The summed E-state index contributed by atoms with van der Waals surface area (Å²) in [7, 11) is 0. The second kappa shape index (κ2) is 14.6. The lowest BCUT2D eigenvalue weighted by atomic mass is 10.1. The summed E-state index contributed by atoms with van der Waals surface area (Å²) in [4.78, 5) is 34.6. The number of carboxylic acid groups (broad SMARTS) is 1. The van der Waals surface area contributed by atoms with Crippen molar-refractivity contribution in [1.29, 1.82) is 0 Å². The molecule has 0 saturated heterocycles. The maximum Gasteiger partial charge on any atom is 0.434 e. The summed E-state index contributed by atoms with van der Waals surface area (Å²) in [5, 5.41) is 15.3. The summed E-state index contributed by atoms with van der Waals surface area (Å²) in [5.41, 5.74) is -0.152. The Morgan fingerprint density at radius 2 is 1.93 bits per heavy atom. The molecule has 3 heterocycles. The number of pyridine rings is 2. The molecule has 1 aliphatic heterocycles. The number of alkyl halides is 3. The van der Waals surface area contributed by atoms with Crippen LogP contribution in [0.2, 0.25) is 0 Å². The molecule has 0 aliphatic carbocycles. The van der Waals surface area contributed by atoms with Gasteiger partial charge in [-0.05, 0) is 89.6 Å². The lowest BCUT2D eigenvalue weighted by Gasteiger charge is -2.27. The van der Waals surface area contributed by atoms with Crippen molar-refractivity contribution in [2.24, 2.45) is 0 Å². The van der Waals surface area contributed by atoms with Crippen LogP contribution in [0.5, 0.6) is 0 Å². The van der Waals surface area contributed by atoms with E-state index in [0.29, 0.717) is 26.2 Å². The van der Waals surface area contributed by atoms with E-state index in [1.54, 1.807) is 0 Å². The van der Waals surface area contributed by atoms with Gasteiger partial charge in [0.15, 0.2) is 5.69 Å². The summed E-state index contributed by atoms with van der Waals surface area (Å²) in [6, 6.07) is 5.00. The summed E-state index contributed by atoms with van der Waals surface area (Å²) >= 11 is 0. The number of amides is 1. The average Bonchev–Trinajstić information content (AvgIpc) is 2.91. The van der Waals surface area contributed by atoms with E-state index in [1.807, 2.05) is 20.8 Å². The third kappa shape index (κ3) is 10.6. The average molecular weight is 580 g/mol. The van der Waals surface area contributed by atoms with Gasteiger partial charge in [-0.25, -0.2) is 9.78 Å². The van der Waals surface area contributed by atoms with Crippen LogP contribution in [0, 0.1) is 0 Å². The lowest BCUT2D eigenvalue weighted by molar-refractivity contribution is -0.141. The topological polar surface area (TPSA) is 117 Å². The number of hydrogen-bond donors (Lipinski definition) is 3. The number of anilines is 1. The van der Waals surface area contributed by atoms with Gasteiger partial charge in [0, 0.05) is 31.5 Å². The van der Waals surface area contributed by atoms with Crippen LogP contribution >= 0.6 is 0 Å². The van der Waals surface area contributed by atoms with E-state index < -0.39 is 35.4 Å². The molecule has 0 fully saturated rings. The molecule has 0 aromatic carbocycles. The second-order valence-corrected chi connectivity index (χ2v) is 11.2. The van der Waals surface area contributed by atoms with E-state index in [9.17, 15) is 27.9 Å². The molecule has 3 rings (SSSR count). The quantitative estimate of drug-likeness (QED) is 0.279. The van der Waals surface area contributed by atoms with Crippen LogP contribution in [-0.2, 0) is 28.5 Å². The number of hydrogen-bond acceptors (Lipinski definition) is 7. The van der Waals surface area contributed by atoms with Crippen LogP contribution in [-0.4, -0.2) is 76.3 Å². The van der Waals surface area contributed by atoms with E-state index in [2.05, 4.69) is 32.7 Å². The summed E-state index contributed by atoms with van der Waals surface area (Å²) in [5.74, 6) is -1.49. The van der Waals surface area contributed by atoms with Gasteiger partial charge >= 0.3 is 12.1 Å². The zero-order valence-electron chi connectivity index (χ0n) is 23.9. The summed E-state index contributed by atoms with van der Waals surface area (Å²) in [6.07, 6.45) is 0.751. The highest BCUT2D eigenvalue weighted by atomic mass is 19.4. The van der Waals surface area contributed by atoms with Crippen molar-refractivity contribution in [2.45, 2.75) is 77.1 Å². The molecule has 0 spiro atoms. The highest BCUT2D eigenvalue weighted by molar-refractivity contribution is 5.97. The number of carbonyl (C=O) groups excluding carboxylic acids is 1. The molecule has 0 bridgehead atoms. The number of aliphatic carboxylic acids is 1. The monoisotopic (exact) mass is 579 g/mol. The number of carbonyl (C=O) groups is 2. The SMILES string of the molecule is CC(C)(C)OCCN(CCCCc1ccc2c(n1)NCCC2)CC[C@H](NC(=O)c1cccnc1C(F)(F)F)C(=O)O.